The molecule has 3 aromatic heterocycles. The maximum absolute atomic E-state index is 15.3. The van der Waals surface area contributed by atoms with Gasteiger partial charge in [-0.1, -0.05) is 12.1 Å². The zero-order valence-corrected chi connectivity index (χ0v) is 24.5. The van der Waals surface area contributed by atoms with E-state index in [1.165, 1.54) is 44.7 Å². The van der Waals surface area contributed by atoms with Crippen molar-refractivity contribution in [1.82, 2.24) is 14.5 Å². The molecule has 0 atom stereocenters. The van der Waals surface area contributed by atoms with Crippen LogP contribution in [0.4, 0.5) is 8.78 Å². The number of carbonyl (C=O) groups is 1. The molecule has 8 nitrogen and oxygen atoms in total. The number of hydrogen-bond acceptors (Lipinski definition) is 7. The quantitative estimate of drug-likeness (QED) is 0.194. The Balaban J connectivity index is 1.45. The Morgan fingerprint density at radius 2 is 1.65 bits per heavy atom. The largest absolute Gasteiger partial charge is 0.491 e. The van der Waals surface area contributed by atoms with Crippen LogP contribution in [0.5, 0.6) is 23.1 Å². The number of ether oxygens (including phenoxy) is 3. The van der Waals surface area contributed by atoms with Gasteiger partial charge < -0.3 is 18.8 Å². The standard InChI is InChI=1S/C33H29F2N3O5/c1-17-13-21(8-9-22(17)34)29-18(2)38(4)19(3)30(32(29)40)25(39)15-20-7-10-26(23(35)14-20)43-27-11-12-36-24-16-28(41-5)33(42-6)37-31(24)27/h7-14,16H,15H2,1-6H3. The molecule has 0 saturated heterocycles. The van der Waals surface area contributed by atoms with Gasteiger partial charge in [-0.25, -0.2) is 13.8 Å². The molecular formula is C33H29F2N3O5. The number of benzene rings is 2. The summed E-state index contributed by atoms with van der Waals surface area (Å²) in [5, 5.41) is 0. The average Bonchev–Trinajstić information content (AvgIpc) is 2.98. The van der Waals surface area contributed by atoms with Crippen LogP contribution >= 0.6 is 0 Å². The van der Waals surface area contributed by atoms with Gasteiger partial charge in [0.25, 0.3) is 5.88 Å². The molecule has 0 aliphatic rings. The third-order valence-corrected chi connectivity index (χ3v) is 7.51. The number of Topliss-reactive ketones (excluding diaryl/α,β-unsaturated/α-hetero) is 1. The average molecular weight is 586 g/mol. The number of nitrogens with zero attached hydrogens (tertiary/aromatic N) is 3. The topological polar surface area (TPSA) is 92.5 Å². The molecule has 0 aliphatic carbocycles. The van der Waals surface area contributed by atoms with Crippen LogP contribution in [0.1, 0.15) is 32.9 Å². The van der Waals surface area contributed by atoms with Gasteiger partial charge in [-0.2, -0.15) is 0 Å². The molecule has 0 saturated carbocycles. The maximum atomic E-state index is 15.3. The molecule has 43 heavy (non-hydrogen) atoms. The van der Waals surface area contributed by atoms with Gasteiger partial charge >= 0.3 is 0 Å². The lowest BCUT2D eigenvalue weighted by Gasteiger charge is -2.18. The number of aryl methyl sites for hydroxylation is 1. The first kappa shape index (κ1) is 29.4. The Morgan fingerprint density at radius 3 is 2.33 bits per heavy atom. The first-order valence-corrected chi connectivity index (χ1v) is 13.4. The molecule has 2 aromatic carbocycles. The van der Waals surface area contributed by atoms with Crippen molar-refractivity contribution in [2.24, 2.45) is 7.05 Å². The summed E-state index contributed by atoms with van der Waals surface area (Å²) >= 11 is 0. The van der Waals surface area contributed by atoms with Crippen LogP contribution in [0.25, 0.3) is 22.2 Å². The van der Waals surface area contributed by atoms with E-state index in [2.05, 4.69) is 9.97 Å². The number of methoxy groups -OCH3 is 2. The van der Waals surface area contributed by atoms with Crippen LogP contribution in [-0.2, 0) is 13.5 Å². The van der Waals surface area contributed by atoms with E-state index in [1.807, 2.05) is 0 Å². The van der Waals surface area contributed by atoms with Crippen molar-refractivity contribution in [3.8, 4) is 34.3 Å². The first-order chi connectivity index (χ1) is 20.5. The Labute approximate surface area is 246 Å². The summed E-state index contributed by atoms with van der Waals surface area (Å²) in [5.74, 6) is -0.781. The third kappa shape index (κ3) is 5.43. The Bertz CT molecular complexity index is 1970. The van der Waals surface area contributed by atoms with E-state index in [0.29, 0.717) is 50.4 Å². The van der Waals surface area contributed by atoms with Crippen molar-refractivity contribution in [2.75, 3.05) is 14.2 Å². The maximum Gasteiger partial charge on any atom is 0.257 e. The summed E-state index contributed by atoms with van der Waals surface area (Å²) in [6.45, 7) is 5.08. The summed E-state index contributed by atoms with van der Waals surface area (Å²) in [6, 6.07) is 11.8. The molecule has 0 bridgehead atoms. The molecule has 0 N–H and O–H groups in total. The van der Waals surface area contributed by atoms with Gasteiger partial charge in [-0.15, -0.1) is 0 Å². The van der Waals surface area contributed by atoms with E-state index in [4.69, 9.17) is 14.2 Å². The number of carbonyl (C=O) groups excluding carboxylic acids is 1. The lowest BCUT2D eigenvalue weighted by Crippen LogP contribution is -2.25. The van der Waals surface area contributed by atoms with E-state index in [-0.39, 0.29) is 35.2 Å². The van der Waals surface area contributed by atoms with Gasteiger partial charge in [0.2, 0.25) is 5.43 Å². The molecule has 0 spiro atoms. The highest BCUT2D eigenvalue weighted by Crippen LogP contribution is 2.35. The second kappa shape index (κ2) is 11.6. The molecule has 10 heteroatoms. The predicted molar refractivity (Wildman–Crippen MR) is 158 cm³/mol. The molecule has 5 aromatic rings. The zero-order valence-electron chi connectivity index (χ0n) is 24.5. The minimum absolute atomic E-state index is 0.00418. The Morgan fingerprint density at radius 1 is 0.884 bits per heavy atom. The Kier molecular flexibility index (Phi) is 7.95. The summed E-state index contributed by atoms with van der Waals surface area (Å²) in [7, 11) is 4.69. The van der Waals surface area contributed by atoms with E-state index >= 15 is 4.39 Å². The van der Waals surface area contributed by atoms with Gasteiger partial charge in [-0.05, 0) is 61.7 Å². The van der Waals surface area contributed by atoms with Crippen LogP contribution in [0.3, 0.4) is 0 Å². The number of pyridine rings is 3. The van der Waals surface area contributed by atoms with E-state index in [0.717, 1.165) is 0 Å². The van der Waals surface area contributed by atoms with Gasteiger partial charge in [-0.3, -0.25) is 14.6 Å². The number of rotatable bonds is 8. The van der Waals surface area contributed by atoms with E-state index in [1.54, 1.807) is 56.7 Å². The van der Waals surface area contributed by atoms with Crippen LogP contribution in [0.2, 0.25) is 0 Å². The van der Waals surface area contributed by atoms with Crippen molar-refractivity contribution < 1.29 is 27.8 Å². The molecule has 3 heterocycles. The van der Waals surface area contributed by atoms with Crippen LogP contribution in [0.15, 0.2) is 59.5 Å². The number of ketones is 1. The van der Waals surface area contributed by atoms with Crippen molar-refractivity contribution in [2.45, 2.75) is 27.2 Å². The molecule has 0 radical (unpaired) electrons. The van der Waals surface area contributed by atoms with E-state index < -0.39 is 17.0 Å². The normalized spacial score (nSPS) is 11.1. The number of hydrogen-bond donors (Lipinski definition) is 0. The lowest BCUT2D eigenvalue weighted by molar-refractivity contribution is 0.0990. The third-order valence-electron chi connectivity index (χ3n) is 7.51. The lowest BCUT2D eigenvalue weighted by atomic mass is 9.94. The minimum atomic E-state index is -0.702. The van der Waals surface area contributed by atoms with Gasteiger partial charge in [0.1, 0.15) is 11.3 Å². The van der Waals surface area contributed by atoms with Gasteiger partial charge in [0.15, 0.2) is 28.8 Å². The zero-order chi connectivity index (χ0) is 31.0. The fraction of sp³-hybridized carbons (Fsp3) is 0.212. The highest BCUT2D eigenvalue weighted by molar-refractivity contribution is 5.99. The van der Waals surface area contributed by atoms with E-state index in [9.17, 15) is 14.0 Å². The highest BCUT2D eigenvalue weighted by Gasteiger charge is 2.23. The molecule has 220 valence electrons. The fourth-order valence-electron chi connectivity index (χ4n) is 5.03. The predicted octanol–water partition coefficient (Wildman–Crippen LogP) is 6.43. The first-order valence-electron chi connectivity index (χ1n) is 13.4. The molecule has 0 amide bonds. The van der Waals surface area contributed by atoms with Crippen LogP contribution in [0, 0.1) is 32.4 Å². The van der Waals surface area contributed by atoms with Crippen molar-refractivity contribution in [3.05, 3.63) is 105 Å². The van der Waals surface area contributed by atoms with Crippen molar-refractivity contribution in [3.63, 3.8) is 0 Å². The summed E-state index contributed by atoms with van der Waals surface area (Å²) in [4.78, 5) is 35.8. The summed E-state index contributed by atoms with van der Waals surface area (Å²) in [6.07, 6.45) is 1.29. The monoisotopic (exact) mass is 585 g/mol. The summed E-state index contributed by atoms with van der Waals surface area (Å²) < 4.78 is 47.4. The van der Waals surface area contributed by atoms with Crippen LogP contribution in [-0.4, -0.2) is 34.5 Å². The number of fused-ring (bicyclic) bond motifs is 1. The van der Waals surface area contributed by atoms with Crippen molar-refractivity contribution in [1.29, 1.82) is 0 Å². The van der Waals surface area contributed by atoms with Crippen LogP contribution < -0.4 is 19.6 Å². The van der Waals surface area contributed by atoms with Gasteiger partial charge in [0, 0.05) is 48.7 Å². The molecule has 0 fully saturated rings. The number of halogens is 2. The van der Waals surface area contributed by atoms with Gasteiger partial charge in [0.05, 0.1) is 25.3 Å². The minimum Gasteiger partial charge on any atom is -0.491 e. The smallest absolute Gasteiger partial charge is 0.257 e. The second-order valence-corrected chi connectivity index (χ2v) is 10.1. The molecule has 0 unspecified atom stereocenters. The molecular weight excluding hydrogens is 556 g/mol. The molecule has 0 aliphatic heterocycles. The Hall–Kier alpha value is -5.12. The second-order valence-electron chi connectivity index (χ2n) is 10.1. The SMILES string of the molecule is COc1cc2nccc(Oc3ccc(CC(=O)c4c(C)n(C)c(C)c(-c5ccc(F)c(C)c5)c4=O)cc3F)c2nc1OC. The van der Waals surface area contributed by atoms with Crippen molar-refractivity contribution >= 4 is 16.8 Å². The molecule has 5 rings (SSSR count). The highest BCUT2D eigenvalue weighted by atomic mass is 19.1. The summed E-state index contributed by atoms with van der Waals surface area (Å²) in [5.41, 5.74) is 3.08. The number of aromatic nitrogens is 3. The fourth-order valence-corrected chi connectivity index (χ4v) is 5.03.